The second-order valence-corrected chi connectivity index (χ2v) is 15.0. The van der Waals surface area contributed by atoms with Crippen LogP contribution < -0.4 is 0 Å². The maximum absolute atomic E-state index is 12.3. The number of rotatable bonds is 35. The predicted molar refractivity (Wildman–Crippen MR) is 189 cm³/mol. The van der Waals surface area contributed by atoms with E-state index in [4.69, 9.17) is 19.3 Å². The first-order valence-electron chi connectivity index (χ1n) is 19.2. The molecule has 0 aliphatic rings. The van der Waals surface area contributed by atoms with Crippen molar-refractivity contribution >= 4 is 19.8 Å². The van der Waals surface area contributed by atoms with E-state index >= 15 is 0 Å². The maximum atomic E-state index is 12.3. The number of esters is 2. The van der Waals surface area contributed by atoms with E-state index in [0.717, 1.165) is 44.4 Å². The SMILES string of the molecule is CCCCCCCCCCCCCCCCCCCCC(=O)OC[C@H](COP(=O)(O)O)OC(=O)CCCCCCCCCC(C)C. The molecule has 0 aliphatic carbocycles. The molecule has 0 unspecified atom stereocenters. The number of ether oxygens (including phenoxy) is 2. The van der Waals surface area contributed by atoms with E-state index in [1.54, 1.807) is 0 Å². The summed E-state index contributed by atoms with van der Waals surface area (Å²) in [7, 11) is -4.74. The smallest absolute Gasteiger partial charge is 0.462 e. The molecule has 0 fully saturated rings. The van der Waals surface area contributed by atoms with Crippen molar-refractivity contribution in [3.05, 3.63) is 0 Å². The van der Waals surface area contributed by atoms with E-state index in [-0.39, 0.29) is 19.4 Å². The Balaban J connectivity index is 3.86. The molecule has 0 heterocycles. The van der Waals surface area contributed by atoms with Crippen LogP contribution in [0.2, 0.25) is 0 Å². The Morgan fingerprint density at radius 1 is 0.543 bits per heavy atom. The van der Waals surface area contributed by atoms with Crippen molar-refractivity contribution in [1.82, 2.24) is 0 Å². The lowest BCUT2D eigenvalue weighted by Crippen LogP contribution is -2.29. The van der Waals surface area contributed by atoms with Crippen LogP contribution in [0.4, 0.5) is 0 Å². The number of unbranched alkanes of at least 4 members (excludes halogenated alkanes) is 23. The van der Waals surface area contributed by atoms with E-state index in [1.165, 1.54) is 122 Å². The maximum Gasteiger partial charge on any atom is 0.469 e. The van der Waals surface area contributed by atoms with Gasteiger partial charge in [-0.25, -0.2) is 4.57 Å². The van der Waals surface area contributed by atoms with Crippen LogP contribution in [0.3, 0.4) is 0 Å². The number of hydrogen-bond acceptors (Lipinski definition) is 6. The van der Waals surface area contributed by atoms with Crippen molar-refractivity contribution in [3.8, 4) is 0 Å². The molecule has 0 saturated carbocycles. The number of hydrogen-bond donors (Lipinski definition) is 2. The van der Waals surface area contributed by atoms with Gasteiger partial charge < -0.3 is 19.3 Å². The third kappa shape index (κ3) is 35.9. The lowest BCUT2D eigenvalue weighted by atomic mass is 10.0. The van der Waals surface area contributed by atoms with Crippen LogP contribution in [-0.4, -0.2) is 41.0 Å². The summed E-state index contributed by atoms with van der Waals surface area (Å²) in [6, 6.07) is 0. The molecule has 274 valence electrons. The molecule has 8 nitrogen and oxygen atoms in total. The molecular formula is C37H73O8P. The summed E-state index contributed by atoms with van der Waals surface area (Å²) < 4.78 is 26.3. The molecule has 0 amide bonds. The Kier molecular flexibility index (Phi) is 31.9. The summed E-state index contributed by atoms with van der Waals surface area (Å²) in [5.74, 6) is -0.123. The fourth-order valence-corrected chi connectivity index (χ4v) is 6.04. The fraction of sp³-hybridized carbons (Fsp3) is 0.946. The van der Waals surface area contributed by atoms with Crippen LogP contribution in [0.15, 0.2) is 0 Å². The number of carbonyl (C=O) groups excluding carboxylic acids is 2. The van der Waals surface area contributed by atoms with Crippen LogP contribution in [0.5, 0.6) is 0 Å². The first kappa shape index (κ1) is 45.0. The zero-order chi connectivity index (χ0) is 34.1. The molecule has 2 N–H and O–H groups in total. The standard InChI is InChI=1S/C37H73O8P/c1-4-5-6-7-8-9-10-11-12-13-14-15-16-17-18-21-24-27-30-36(38)43-32-35(33-44-46(40,41)42)45-37(39)31-28-25-22-19-20-23-26-29-34(2)3/h34-35H,4-33H2,1-3H3,(H2,40,41,42)/t35-/m1/s1. The highest BCUT2D eigenvalue weighted by atomic mass is 31.2. The molecule has 0 aliphatic heterocycles. The first-order chi connectivity index (χ1) is 22.1. The van der Waals surface area contributed by atoms with Gasteiger partial charge in [-0.2, -0.15) is 0 Å². The lowest BCUT2D eigenvalue weighted by Gasteiger charge is -2.18. The molecule has 0 aromatic carbocycles. The van der Waals surface area contributed by atoms with Crippen molar-refractivity contribution in [2.75, 3.05) is 13.2 Å². The Labute approximate surface area is 283 Å². The van der Waals surface area contributed by atoms with Gasteiger partial charge in [0.05, 0.1) is 6.61 Å². The molecule has 1 atom stereocenters. The van der Waals surface area contributed by atoms with Crippen molar-refractivity contribution in [2.24, 2.45) is 5.92 Å². The molecule has 0 spiro atoms. The molecule has 0 bridgehead atoms. The minimum Gasteiger partial charge on any atom is -0.462 e. The molecule has 46 heavy (non-hydrogen) atoms. The molecule has 0 saturated heterocycles. The summed E-state index contributed by atoms with van der Waals surface area (Å²) in [6.07, 6.45) is 31.3. The Hall–Kier alpha value is -0.950. The van der Waals surface area contributed by atoms with Gasteiger partial charge >= 0.3 is 19.8 Å². The summed E-state index contributed by atoms with van der Waals surface area (Å²) in [5.41, 5.74) is 0. The third-order valence-electron chi connectivity index (χ3n) is 8.55. The topological polar surface area (TPSA) is 119 Å². The van der Waals surface area contributed by atoms with E-state index in [0.29, 0.717) is 6.42 Å². The van der Waals surface area contributed by atoms with Gasteiger partial charge in [0.2, 0.25) is 0 Å². The molecule has 9 heteroatoms. The minimum absolute atomic E-state index is 0.215. The number of phosphoric ester groups is 1. The van der Waals surface area contributed by atoms with Gasteiger partial charge in [0.25, 0.3) is 0 Å². The lowest BCUT2D eigenvalue weighted by molar-refractivity contribution is -0.161. The minimum atomic E-state index is -4.74. The van der Waals surface area contributed by atoms with Gasteiger partial charge in [-0.1, -0.05) is 175 Å². The monoisotopic (exact) mass is 677 g/mol. The van der Waals surface area contributed by atoms with Gasteiger partial charge in [0.15, 0.2) is 6.10 Å². The highest BCUT2D eigenvalue weighted by Crippen LogP contribution is 2.36. The van der Waals surface area contributed by atoms with E-state index in [2.05, 4.69) is 25.3 Å². The summed E-state index contributed by atoms with van der Waals surface area (Å²) in [4.78, 5) is 42.6. The Morgan fingerprint density at radius 2 is 0.913 bits per heavy atom. The largest absolute Gasteiger partial charge is 0.469 e. The zero-order valence-electron chi connectivity index (χ0n) is 30.2. The second-order valence-electron chi connectivity index (χ2n) is 13.7. The van der Waals surface area contributed by atoms with E-state index in [9.17, 15) is 14.2 Å². The van der Waals surface area contributed by atoms with Crippen LogP contribution in [0.25, 0.3) is 0 Å². The highest BCUT2D eigenvalue weighted by molar-refractivity contribution is 7.46. The van der Waals surface area contributed by atoms with E-state index < -0.39 is 32.5 Å². The molecule has 0 aromatic rings. The number of carbonyl (C=O) groups is 2. The van der Waals surface area contributed by atoms with Gasteiger partial charge in [-0.15, -0.1) is 0 Å². The fourth-order valence-electron chi connectivity index (χ4n) is 5.68. The third-order valence-corrected chi connectivity index (χ3v) is 9.04. The molecule has 0 aromatic heterocycles. The normalized spacial score (nSPS) is 12.5. The van der Waals surface area contributed by atoms with Crippen LogP contribution in [0, 0.1) is 5.92 Å². The van der Waals surface area contributed by atoms with Crippen molar-refractivity contribution in [3.63, 3.8) is 0 Å². The summed E-state index contributed by atoms with van der Waals surface area (Å²) in [6.45, 7) is 5.95. The Bertz CT molecular complexity index is 739. The Morgan fingerprint density at radius 3 is 1.30 bits per heavy atom. The summed E-state index contributed by atoms with van der Waals surface area (Å²) >= 11 is 0. The van der Waals surface area contributed by atoms with Gasteiger partial charge in [0.1, 0.15) is 6.61 Å². The molecule has 0 rings (SSSR count). The summed E-state index contributed by atoms with van der Waals surface area (Å²) in [5, 5.41) is 0. The average Bonchev–Trinajstić information content (AvgIpc) is 3.00. The van der Waals surface area contributed by atoms with E-state index in [1.807, 2.05) is 0 Å². The predicted octanol–water partition coefficient (Wildman–Crippen LogP) is 11.1. The highest BCUT2D eigenvalue weighted by Gasteiger charge is 2.22. The average molecular weight is 677 g/mol. The van der Waals surface area contributed by atoms with Gasteiger partial charge in [-0.05, 0) is 18.8 Å². The quantitative estimate of drug-likeness (QED) is 0.0387. The molecule has 0 radical (unpaired) electrons. The second kappa shape index (κ2) is 32.6. The van der Waals surface area contributed by atoms with Crippen molar-refractivity contribution in [2.45, 2.75) is 207 Å². The number of phosphoric acid groups is 1. The molecular weight excluding hydrogens is 603 g/mol. The van der Waals surface area contributed by atoms with Gasteiger partial charge in [-0.3, -0.25) is 14.1 Å². The zero-order valence-corrected chi connectivity index (χ0v) is 31.1. The van der Waals surface area contributed by atoms with Crippen LogP contribution in [-0.2, 0) is 28.2 Å². The van der Waals surface area contributed by atoms with Crippen LogP contribution in [0.1, 0.15) is 201 Å². The van der Waals surface area contributed by atoms with Crippen LogP contribution >= 0.6 is 7.82 Å². The van der Waals surface area contributed by atoms with Crippen molar-refractivity contribution < 1.29 is 37.9 Å². The van der Waals surface area contributed by atoms with Gasteiger partial charge in [0, 0.05) is 12.8 Å². The van der Waals surface area contributed by atoms with Crippen molar-refractivity contribution in [1.29, 1.82) is 0 Å². The first-order valence-corrected chi connectivity index (χ1v) is 20.7.